The fraction of sp³-hybridized carbons (Fsp3) is 0.333. The Bertz CT molecular complexity index is 994. The predicted molar refractivity (Wildman–Crippen MR) is 122 cm³/mol. The number of carbonyl (C=O) groups is 2. The third-order valence-corrected chi connectivity index (χ3v) is 5.83. The Hall–Kier alpha value is -2.83. The van der Waals surface area contributed by atoms with Gasteiger partial charge in [-0.05, 0) is 55.4 Å². The smallest absolute Gasteiger partial charge is 0.282 e. The van der Waals surface area contributed by atoms with Gasteiger partial charge in [-0.3, -0.25) is 9.59 Å². The van der Waals surface area contributed by atoms with Crippen LogP contribution in [0, 0.1) is 0 Å². The van der Waals surface area contributed by atoms with E-state index in [1.54, 1.807) is 24.3 Å². The fourth-order valence-corrected chi connectivity index (χ4v) is 3.99. The average Bonchev–Trinajstić information content (AvgIpc) is 3.04. The number of rotatable bonds is 6. The molecule has 7 heteroatoms. The zero-order valence-electron chi connectivity index (χ0n) is 17.8. The first-order valence-corrected chi connectivity index (χ1v) is 10.9. The van der Waals surface area contributed by atoms with Crippen LogP contribution >= 0.6 is 11.6 Å². The average molecular weight is 440 g/mol. The first-order valence-electron chi connectivity index (χ1n) is 10.5. The third kappa shape index (κ3) is 4.31. The molecule has 0 saturated carbocycles. The van der Waals surface area contributed by atoms with Crippen LogP contribution in [0.3, 0.4) is 0 Å². The van der Waals surface area contributed by atoms with Gasteiger partial charge >= 0.3 is 0 Å². The molecule has 2 aromatic carbocycles. The maximum absolute atomic E-state index is 13.5. The largest absolute Gasteiger partial charge is 0.494 e. The van der Waals surface area contributed by atoms with Crippen LogP contribution in [0.5, 0.6) is 5.75 Å². The Morgan fingerprint density at radius 3 is 2.16 bits per heavy atom. The second-order valence-electron chi connectivity index (χ2n) is 7.81. The molecule has 1 saturated heterocycles. The normalized spacial score (nSPS) is 17.6. The topological polar surface area (TPSA) is 53.1 Å². The first kappa shape index (κ1) is 21.4. The van der Waals surface area contributed by atoms with E-state index in [4.69, 9.17) is 16.3 Å². The fourth-order valence-electron chi connectivity index (χ4n) is 3.86. The molecule has 2 aliphatic heterocycles. The van der Waals surface area contributed by atoms with Crippen LogP contribution in [-0.2, 0) is 9.59 Å². The zero-order valence-corrected chi connectivity index (χ0v) is 18.6. The first-order chi connectivity index (χ1) is 15.0. The lowest BCUT2D eigenvalue weighted by Gasteiger charge is -2.34. The lowest BCUT2D eigenvalue weighted by molar-refractivity contribution is -0.120. The molecule has 2 aliphatic rings. The van der Waals surface area contributed by atoms with Gasteiger partial charge in [0.2, 0.25) is 0 Å². The van der Waals surface area contributed by atoms with E-state index in [2.05, 4.69) is 18.9 Å². The van der Waals surface area contributed by atoms with Crippen LogP contribution in [0.2, 0.25) is 5.02 Å². The number of likely N-dealkylation sites (N-methyl/N-ethyl adjacent to an activating group) is 1. The molecule has 6 nitrogen and oxygen atoms in total. The van der Waals surface area contributed by atoms with E-state index in [0.29, 0.717) is 47.2 Å². The number of anilines is 1. The van der Waals surface area contributed by atoms with Gasteiger partial charge in [0.05, 0.1) is 17.9 Å². The Labute approximate surface area is 187 Å². The lowest BCUT2D eigenvalue weighted by atomic mass is 10.0. The van der Waals surface area contributed by atoms with Gasteiger partial charge in [-0.1, -0.05) is 30.7 Å². The summed E-state index contributed by atoms with van der Waals surface area (Å²) in [4.78, 5) is 32.5. The van der Waals surface area contributed by atoms with Gasteiger partial charge in [-0.2, -0.15) is 0 Å². The van der Waals surface area contributed by atoms with E-state index in [0.717, 1.165) is 25.3 Å². The Kier molecular flexibility index (Phi) is 6.30. The molecule has 0 spiro atoms. The molecule has 0 N–H and O–H groups in total. The highest BCUT2D eigenvalue weighted by atomic mass is 35.5. The number of benzene rings is 2. The molecule has 0 aromatic heterocycles. The second-order valence-corrected chi connectivity index (χ2v) is 8.25. The van der Waals surface area contributed by atoms with Gasteiger partial charge in [0.25, 0.3) is 11.8 Å². The molecular formula is C24H26ClN3O3. The summed E-state index contributed by atoms with van der Waals surface area (Å²) in [6.45, 7) is 5.75. The van der Waals surface area contributed by atoms with E-state index in [-0.39, 0.29) is 11.8 Å². The minimum absolute atomic E-state index is 0.293. The highest BCUT2D eigenvalue weighted by Gasteiger charge is 2.42. The number of amides is 2. The third-order valence-electron chi connectivity index (χ3n) is 5.58. The van der Waals surface area contributed by atoms with E-state index in [1.165, 1.54) is 4.90 Å². The maximum atomic E-state index is 13.5. The molecule has 0 radical (unpaired) electrons. The molecule has 0 atom stereocenters. The van der Waals surface area contributed by atoms with Crippen molar-refractivity contribution in [1.29, 1.82) is 0 Å². The standard InChI is InChI=1S/C24H26ClN3O3/c1-3-16-31-20-10-4-17(5-11-20)21-22(27-14-12-26(2)13-15-27)24(30)28(23(21)29)19-8-6-18(25)7-9-19/h4-11H,3,12-16H2,1-2H3. The van der Waals surface area contributed by atoms with Crippen LogP contribution in [0.4, 0.5) is 5.69 Å². The van der Waals surface area contributed by atoms with E-state index < -0.39 is 0 Å². The number of ether oxygens (including phenoxy) is 1. The van der Waals surface area contributed by atoms with Gasteiger partial charge in [0.15, 0.2) is 0 Å². The zero-order chi connectivity index (χ0) is 22.0. The highest BCUT2D eigenvalue weighted by molar-refractivity contribution is 6.45. The van der Waals surface area contributed by atoms with Crippen molar-refractivity contribution in [3.8, 4) is 5.75 Å². The summed E-state index contributed by atoms with van der Waals surface area (Å²) in [5, 5.41) is 0.554. The summed E-state index contributed by atoms with van der Waals surface area (Å²) in [5.41, 5.74) is 2.14. The summed E-state index contributed by atoms with van der Waals surface area (Å²) in [7, 11) is 2.06. The van der Waals surface area contributed by atoms with Crippen LogP contribution in [-0.4, -0.2) is 61.4 Å². The van der Waals surface area contributed by atoms with Crippen molar-refractivity contribution in [2.24, 2.45) is 0 Å². The number of imide groups is 1. The van der Waals surface area contributed by atoms with Gasteiger partial charge in [-0.25, -0.2) is 4.90 Å². The number of piperazine rings is 1. The van der Waals surface area contributed by atoms with E-state index in [1.807, 2.05) is 29.2 Å². The summed E-state index contributed by atoms with van der Waals surface area (Å²) >= 11 is 6.01. The van der Waals surface area contributed by atoms with Crippen molar-refractivity contribution >= 4 is 34.7 Å². The monoisotopic (exact) mass is 439 g/mol. The highest BCUT2D eigenvalue weighted by Crippen LogP contribution is 2.36. The van der Waals surface area contributed by atoms with Gasteiger partial charge in [0.1, 0.15) is 11.4 Å². The molecule has 1 fully saturated rings. The molecule has 2 aromatic rings. The number of hydrogen-bond acceptors (Lipinski definition) is 5. The molecule has 0 aliphatic carbocycles. The van der Waals surface area contributed by atoms with Gasteiger partial charge in [0, 0.05) is 31.2 Å². The SMILES string of the molecule is CCCOc1ccc(C2=C(N3CCN(C)CC3)C(=O)N(c3ccc(Cl)cc3)C2=O)cc1. The number of hydrogen-bond donors (Lipinski definition) is 0. The molecule has 162 valence electrons. The molecule has 0 bridgehead atoms. The summed E-state index contributed by atoms with van der Waals surface area (Å²) in [5.74, 6) is 0.139. The van der Waals surface area contributed by atoms with Crippen molar-refractivity contribution < 1.29 is 14.3 Å². The van der Waals surface area contributed by atoms with Crippen LogP contribution in [0.1, 0.15) is 18.9 Å². The Morgan fingerprint density at radius 2 is 1.55 bits per heavy atom. The quantitative estimate of drug-likeness (QED) is 0.643. The second kappa shape index (κ2) is 9.12. The van der Waals surface area contributed by atoms with Crippen molar-refractivity contribution in [3.63, 3.8) is 0 Å². The van der Waals surface area contributed by atoms with Crippen molar-refractivity contribution in [3.05, 3.63) is 64.8 Å². The van der Waals surface area contributed by atoms with Crippen molar-refractivity contribution in [2.45, 2.75) is 13.3 Å². The van der Waals surface area contributed by atoms with Gasteiger partial charge < -0.3 is 14.5 Å². The number of halogens is 1. The van der Waals surface area contributed by atoms with Crippen LogP contribution < -0.4 is 9.64 Å². The summed E-state index contributed by atoms with van der Waals surface area (Å²) in [6.07, 6.45) is 0.920. The number of nitrogens with zero attached hydrogens (tertiary/aromatic N) is 3. The maximum Gasteiger partial charge on any atom is 0.282 e. The number of carbonyl (C=O) groups excluding carboxylic acids is 2. The minimum Gasteiger partial charge on any atom is -0.494 e. The predicted octanol–water partition coefficient (Wildman–Crippen LogP) is 3.66. The summed E-state index contributed by atoms with van der Waals surface area (Å²) < 4.78 is 5.67. The van der Waals surface area contributed by atoms with E-state index in [9.17, 15) is 9.59 Å². The minimum atomic E-state index is -0.316. The molecule has 0 unspecified atom stereocenters. The molecule has 2 heterocycles. The van der Waals surface area contributed by atoms with Crippen LogP contribution in [0.25, 0.3) is 5.57 Å². The summed E-state index contributed by atoms with van der Waals surface area (Å²) in [6, 6.07) is 14.2. The molecule has 31 heavy (non-hydrogen) atoms. The van der Waals surface area contributed by atoms with Crippen molar-refractivity contribution in [2.75, 3.05) is 44.7 Å². The van der Waals surface area contributed by atoms with Gasteiger partial charge in [-0.15, -0.1) is 0 Å². The molecular weight excluding hydrogens is 414 g/mol. The van der Waals surface area contributed by atoms with Crippen molar-refractivity contribution in [1.82, 2.24) is 9.80 Å². The lowest BCUT2D eigenvalue weighted by Crippen LogP contribution is -2.46. The Balaban J connectivity index is 1.73. The van der Waals surface area contributed by atoms with Crippen LogP contribution in [0.15, 0.2) is 54.2 Å². The Morgan fingerprint density at radius 1 is 0.903 bits per heavy atom. The van der Waals surface area contributed by atoms with E-state index >= 15 is 0 Å². The molecule has 2 amide bonds. The molecule has 4 rings (SSSR count).